The maximum absolute atomic E-state index is 10.2. The first-order valence-corrected chi connectivity index (χ1v) is 6.54. The molecule has 0 saturated heterocycles. The van der Waals surface area contributed by atoms with Crippen LogP contribution in [0.4, 0.5) is 0 Å². The predicted octanol–water partition coefficient (Wildman–Crippen LogP) is 0.121. The molecule has 1 aromatic carbocycles. The molecule has 0 aliphatic heterocycles. The Morgan fingerprint density at radius 2 is 1.15 bits per heavy atom. The number of carbonyl (C=O) groups is 2. The van der Waals surface area contributed by atoms with Gasteiger partial charge in [0.05, 0.1) is 0 Å². The highest BCUT2D eigenvalue weighted by molar-refractivity contribution is 5.74. The van der Waals surface area contributed by atoms with Crippen LogP contribution in [-0.4, -0.2) is 11.8 Å². The average Bonchev–Trinajstić information content (AvgIpc) is 2.43. The van der Waals surface area contributed by atoms with E-state index in [1.807, 2.05) is 24.3 Å². The van der Waals surface area contributed by atoms with Gasteiger partial charge in [0.1, 0.15) is 0 Å². The van der Waals surface area contributed by atoms with Gasteiger partial charge in [0.2, 0.25) is 11.8 Å². The summed E-state index contributed by atoms with van der Waals surface area (Å²) < 4.78 is 0. The van der Waals surface area contributed by atoms with Crippen LogP contribution in [0, 0.1) is 0 Å². The number of unbranched alkanes of at least 4 members (excludes halogenated alkanes) is 1. The van der Waals surface area contributed by atoms with Gasteiger partial charge in [0, 0.05) is 25.9 Å². The first kappa shape index (κ1) is 18.1. The van der Waals surface area contributed by atoms with Crippen molar-refractivity contribution < 1.29 is 9.59 Å². The number of rotatable bonds is 7. The summed E-state index contributed by atoms with van der Waals surface area (Å²) in [6.45, 7) is 1.15. The fourth-order valence-electron chi connectivity index (χ4n) is 1.55. The second-order valence-electron chi connectivity index (χ2n) is 4.32. The van der Waals surface area contributed by atoms with Gasteiger partial charge in [0.15, 0.2) is 0 Å². The monoisotopic (exact) mass is 280 g/mol. The molecule has 1 aromatic rings. The van der Waals surface area contributed by atoms with Gasteiger partial charge in [-0.25, -0.2) is 0 Å². The molecule has 0 radical (unpaired) electrons. The van der Waals surface area contributed by atoms with E-state index in [9.17, 15) is 9.59 Å². The normalized spacial score (nSPS) is 9.50. The van der Waals surface area contributed by atoms with Crippen LogP contribution in [0.2, 0.25) is 0 Å². The number of nitrogens with two attached hydrogens (primary N) is 4. The number of carbonyl (C=O) groups excluding carboxylic acids is 2. The van der Waals surface area contributed by atoms with Gasteiger partial charge in [-0.05, 0) is 24.0 Å². The summed E-state index contributed by atoms with van der Waals surface area (Å²) in [6.07, 6.45) is 1.98. The summed E-state index contributed by atoms with van der Waals surface area (Å²) in [4.78, 5) is 20.3. The van der Waals surface area contributed by atoms with E-state index in [-0.39, 0.29) is 11.8 Å². The van der Waals surface area contributed by atoms with E-state index in [0.29, 0.717) is 38.8 Å². The number of benzene rings is 1. The zero-order chi connectivity index (χ0) is 15.4. The molecule has 0 saturated carbocycles. The van der Waals surface area contributed by atoms with Crippen molar-refractivity contribution in [3.63, 3.8) is 0 Å². The first-order valence-electron chi connectivity index (χ1n) is 6.54. The standard InChI is InChI=1S/C8H12N2.C6H12N2O2/c9-5-7-3-1-2-4-8(7)6-10;7-5(9)3-1-2-4-6(8)10/h1-4H,5-6,9-10H2;1-4H2,(H2,7,9)(H2,8,10). The number of amides is 2. The van der Waals surface area contributed by atoms with Crippen molar-refractivity contribution >= 4 is 11.8 Å². The zero-order valence-corrected chi connectivity index (χ0v) is 11.7. The zero-order valence-electron chi connectivity index (χ0n) is 11.7. The Balaban J connectivity index is 0.000000361. The third-order valence-corrected chi connectivity index (χ3v) is 2.65. The van der Waals surface area contributed by atoms with E-state index in [2.05, 4.69) is 0 Å². The van der Waals surface area contributed by atoms with Gasteiger partial charge in [-0.15, -0.1) is 0 Å². The fraction of sp³-hybridized carbons (Fsp3) is 0.429. The molecule has 1 rings (SSSR count). The van der Waals surface area contributed by atoms with Crippen molar-refractivity contribution in [3.05, 3.63) is 35.4 Å². The SMILES string of the molecule is NC(=O)CCCCC(N)=O.NCc1ccccc1CN. The number of hydrogen-bond donors (Lipinski definition) is 4. The quantitative estimate of drug-likeness (QED) is 0.527. The van der Waals surface area contributed by atoms with Gasteiger partial charge >= 0.3 is 0 Å². The third-order valence-electron chi connectivity index (χ3n) is 2.65. The lowest BCUT2D eigenvalue weighted by Crippen LogP contribution is -2.12. The Kier molecular flexibility index (Phi) is 9.90. The van der Waals surface area contributed by atoms with Crippen LogP contribution in [-0.2, 0) is 22.7 Å². The minimum absolute atomic E-state index is 0.329. The molecule has 0 atom stereocenters. The van der Waals surface area contributed by atoms with Crippen LogP contribution in [0.1, 0.15) is 36.8 Å². The summed E-state index contributed by atoms with van der Waals surface area (Å²) >= 11 is 0. The molecule has 0 heterocycles. The largest absolute Gasteiger partial charge is 0.370 e. The van der Waals surface area contributed by atoms with Crippen LogP contribution >= 0.6 is 0 Å². The van der Waals surface area contributed by atoms with Crippen molar-refractivity contribution in [1.82, 2.24) is 0 Å². The summed E-state index contributed by atoms with van der Waals surface area (Å²) in [5.74, 6) is -0.658. The van der Waals surface area contributed by atoms with Crippen molar-refractivity contribution in [2.45, 2.75) is 38.8 Å². The molecule has 6 nitrogen and oxygen atoms in total. The van der Waals surface area contributed by atoms with Crippen molar-refractivity contribution in [2.75, 3.05) is 0 Å². The summed E-state index contributed by atoms with van der Waals surface area (Å²) in [7, 11) is 0. The molecule has 0 aromatic heterocycles. The fourth-order valence-corrected chi connectivity index (χ4v) is 1.55. The van der Waals surface area contributed by atoms with E-state index in [4.69, 9.17) is 22.9 Å². The van der Waals surface area contributed by atoms with Gasteiger partial charge in [-0.2, -0.15) is 0 Å². The van der Waals surface area contributed by atoms with Gasteiger partial charge in [-0.1, -0.05) is 24.3 Å². The topological polar surface area (TPSA) is 138 Å². The van der Waals surface area contributed by atoms with E-state index in [1.165, 1.54) is 0 Å². The molecule has 8 N–H and O–H groups in total. The van der Waals surface area contributed by atoms with Gasteiger partial charge < -0.3 is 22.9 Å². The Morgan fingerprint density at radius 1 is 0.800 bits per heavy atom. The maximum atomic E-state index is 10.2. The molecule has 112 valence electrons. The minimum Gasteiger partial charge on any atom is -0.370 e. The molecule has 0 fully saturated rings. The molecule has 0 unspecified atom stereocenters. The molecular weight excluding hydrogens is 256 g/mol. The second-order valence-corrected chi connectivity index (χ2v) is 4.32. The van der Waals surface area contributed by atoms with E-state index in [0.717, 1.165) is 11.1 Å². The van der Waals surface area contributed by atoms with Gasteiger partial charge in [0.25, 0.3) is 0 Å². The number of hydrogen-bond acceptors (Lipinski definition) is 4. The Bertz CT molecular complexity index is 382. The highest BCUT2D eigenvalue weighted by atomic mass is 16.1. The van der Waals surface area contributed by atoms with Crippen molar-refractivity contribution in [2.24, 2.45) is 22.9 Å². The lowest BCUT2D eigenvalue weighted by atomic mass is 10.1. The molecule has 0 spiro atoms. The lowest BCUT2D eigenvalue weighted by molar-refractivity contribution is -0.119. The van der Waals surface area contributed by atoms with Gasteiger partial charge in [-0.3, -0.25) is 9.59 Å². The smallest absolute Gasteiger partial charge is 0.217 e. The minimum atomic E-state index is -0.329. The van der Waals surface area contributed by atoms with Crippen molar-refractivity contribution in [3.8, 4) is 0 Å². The molecular formula is C14H24N4O2. The molecule has 2 amide bonds. The molecule has 0 aliphatic rings. The first-order chi connectivity index (χ1) is 9.51. The van der Waals surface area contributed by atoms with Crippen LogP contribution in [0.5, 0.6) is 0 Å². The van der Waals surface area contributed by atoms with E-state index >= 15 is 0 Å². The summed E-state index contributed by atoms with van der Waals surface area (Å²) in [5, 5.41) is 0. The molecule has 20 heavy (non-hydrogen) atoms. The average molecular weight is 280 g/mol. The van der Waals surface area contributed by atoms with E-state index in [1.54, 1.807) is 0 Å². The van der Waals surface area contributed by atoms with Crippen LogP contribution in [0.15, 0.2) is 24.3 Å². The lowest BCUT2D eigenvalue weighted by Gasteiger charge is -2.02. The molecule has 6 heteroatoms. The van der Waals surface area contributed by atoms with Crippen LogP contribution < -0.4 is 22.9 Å². The Labute approximate surface area is 119 Å². The number of primary amides is 2. The second kappa shape index (κ2) is 11.0. The van der Waals surface area contributed by atoms with Crippen molar-refractivity contribution in [1.29, 1.82) is 0 Å². The predicted molar refractivity (Wildman–Crippen MR) is 79.1 cm³/mol. The highest BCUT2D eigenvalue weighted by Gasteiger charge is 1.96. The van der Waals surface area contributed by atoms with E-state index < -0.39 is 0 Å². The third kappa shape index (κ3) is 9.07. The highest BCUT2D eigenvalue weighted by Crippen LogP contribution is 2.05. The molecule has 0 bridgehead atoms. The summed E-state index contributed by atoms with van der Waals surface area (Å²) in [6, 6.07) is 7.95. The van der Waals surface area contributed by atoms with Crippen LogP contribution in [0.3, 0.4) is 0 Å². The maximum Gasteiger partial charge on any atom is 0.217 e. The Morgan fingerprint density at radius 3 is 1.40 bits per heavy atom. The Hall–Kier alpha value is -1.92. The molecule has 0 aliphatic carbocycles. The summed E-state index contributed by atoms with van der Waals surface area (Å²) in [5.41, 5.74) is 22.9. The van der Waals surface area contributed by atoms with Crippen LogP contribution in [0.25, 0.3) is 0 Å².